The van der Waals surface area contributed by atoms with Crippen LogP contribution in [0.5, 0.6) is 17.2 Å². The van der Waals surface area contributed by atoms with E-state index in [2.05, 4.69) is 5.32 Å². The number of nitrogens with one attached hydrogen (secondary N) is 1. The second-order valence-electron chi connectivity index (χ2n) is 8.51. The molecule has 3 aromatic carbocycles. The summed E-state index contributed by atoms with van der Waals surface area (Å²) in [6.07, 6.45) is 1.34. The molecule has 0 bridgehead atoms. The Labute approximate surface area is 201 Å². The van der Waals surface area contributed by atoms with Crippen molar-refractivity contribution < 1.29 is 32.2 Å². The number of carbonyl (C=O) groups excluding carboxylic acids is 2. The van der Waals surface area contributed by atoms with Gasteiger partial charge in [-0.25, -0.2) is 12.7 Å². The molecule has 2 heterocycles. The highest BCUT2D eigenvalue weighted by Crippen LogP contribution is 2.40. The van der Waals surface area contributed by atoms with Crippen molar-refractivity contribution >= 4 is 27.5 Å². The van der Waals surface area contributed by atoms with Gasteiger partial charge in [0.1, 0.15) is 17.3 Å². The smallest absolute Gasteiger partial charge is 0.269 e. The fourth-order valence-electron chi connectivity index (χ4n) is 4.13. The third kappa shape index (κ3) is 3.85. The molecule has 2 aliphatic heterocycles. The summed E-state index contributed by atoms with van der Waals surface area (Å²) in [7, 11) is -3.94. The summed E-state index contributed by atoms with van der Waals surface area (Å²) < 4.78 is 43.1. The predicted molar refractivity (Wildman–Crippen MR) is 124 cm³/mol. The molecule has 1 fully saturated rings. The monoisotopic (exact) mass is 492 g/mol. The van der Waals surface area contributed by atoms with Gasteiger partial charge in [-0.2, -0.15) is 0 Å². The highest BCUT2D eigenvalue weighted by atomic mass is 32.2. The maximum Gasteiger partial charge on any atom is 0.269 e. The number of hydrogen-bond acceptors (Lipinski definition) is 7. The van der Waals surface area contributed by atoms with Crippen LogP contribution in [0, 0.1) is 0 Å². The molecule has 2 amide bonds. The minimum Gasteiger partial charge on any atom is -0.489 e. The molecule has 0 radical (unpaired) electrons. The molecule has 0 atom stereocenters. The van der Waals surface area contributed by atoms with Crippen LogP contribution in [0.4, 0.5) is 5.69 Å². The summed E-state index contributed by atoms with van der Waals surface area (Å²) in [5.74, 6) is 0.921. The van der Waals surface area contributed by atoms with E-state index in [4.69, 9.17) is 14.2 Å². The number of rotatable bonds is 6. The van der Waals surface area contributed by atoms with Crippen molar-refractivity contribution in [3.05, 3.63) is 77.4 Å². The molecule has 6 rings (SSSR count). The summed E-state index contributed by atoms with van der Waals surface area (Å²) >= 11 is 0. The third-order valence-corrected chi connectivity index (χ3v) is 7.90. The Morgan fingerprint density at radius 2 is 1.86 bits per heavy atom. The summed E-state index contributed by atoms with van der Waals surface area (Å²) in [4.78, 5) is 25.3. The summed E-state index contributed by atoms with van der Waals surface area (Å²) in [5.41, 5.74) is 1.61. The zero-order chi connectivity index (χ0) is 24.2. The predicted octanol–water partition coefficient (Wildman–Crippen LogP) is 3.55. The fourth-order valence-corrected chi connectivity index (χ4v) is 5.98. The molecule has 1 N–H and O–H groups in total. The normalized spacial score (nSPS) is 17.3. The second kappa shape index (κ2) is 8.02. The van der Waals surface area contributed by atoms with Gasteiger partial charge in [-0.05, 0) is 60.9 Å². The summed E-state index contributed by atoms with van der Waals surface area (Å²) in [6.45, 7) is 0.450. The molecule has 3 aliphatic rings. The second-order valence-corrected chi connectivity index (χ2v) is 10.3. The highest BCUT2D eigenvalue weighted by Gasteiger charge is 2.48. The molecule has 3 aromatic rings. The van der Waals surface area contributed by atoms with Crippen molar-refractivity contribution in [1.82, 2.24) is 4.31 Å². The van der Waals surface area contributed by atoms with Gasteiger partial charge >= 0.3 is 0 Å². The molecule has 10 heteroatoms. The number of nitrogens with zero attached hydrogens (tertiary/aromatic N) is 1. The van der Waals surface area contributed by atoms with Gasteiger partial charge in [-0.1, -0.05) is 12.1 Å². The molecule has 0 saturated heterocycles. The lowest BCUT2D eigenvalue weighted by Gasteiger charge is -2.13. The molecular weight excluding hydrogens is 472 g/mol. The van der Waals surface area contributed by atoms with Crippen LogP contribution in [0.3, 0.4) is 0 Å². The molecule has 9 nitrogen and oxygen atoms in total. The van der Waals surface area contributed by atoms with Crippen LogP contribution in [-0.2, 0) is 16.6 Å². The lowest BCUT2D eigenvalue weighted by molar-refractivity contribution is 0.0864. The van der Waals surface area contributed by atoms with Gasteiger partial charge in [0.25, 0.3) is 21.8 Å². The van der Waals surface area contributed by atoms with E-state index < -0.39 is 21.8 Å². The van der Waals surface area contributed by atoms with Crippen LogP contribution in [0.1, 0.15) is 39.1 Å². The molecule has 0 spiro atoms. The first-order valence-electron chi connectivity index (χ1n) is 11.1. The maximum absolute atomic E-state index is 12.9. The molecular formula is C25H20N2O7S. The van der Waals surface area contributed by atoms with E-state index >= 15 is 0 Å². The van der Waals surface area contributed by atoms with E-state index in [9.17, 15) is 18.0 Å². The first kappa shape index (κ1) is 21.5. The number of hydrogen-bond donors (Lipinski definition) is 1. The first-order valence-corrected chi connectivity index (χ1v) is 12.5. The van der Waals surface area contributed by atoms with Gasteiger partial charge in [0, 0.05) is 23.4 Å². The molecule has 0 aromatic heterocycles. The lowest BCUT2D eigenvalue weighted by Crippen LogP contribution is -2.31. The lowest BCUT2D eigenvalue weighted by atomic mass is 10.1. The zero-order valence-corrected chi connectivity index (χ0v) is 19.2. The van der Waals surface area contributed by atoms with Crippen molar-refractivity contribution in [3.63, 3.8) is 0 Å². The number of carbonyl (C=O) groups is 2. The number of ether oxygens (including phenoxy) is 3. The van der Waals surface area contributed by atoms with Crippen molar-refractivity contribution in [2.24, 2.45) is 0 Å². The molecule has 35 heavy (non-hydrogen) atoms. The topological polar surface area (TPSA) is 111 Å². The average molecular weight is 493 g/mol. The molecule has 0 unspecified atom stereocenters. The number of amides is 2. The van der Waals surface area contributed by atoms with Crippen LogP contribution < -0.4 is 19.5 Å². The minimum atomic E-state index is -3.94. The zero-order valence-electron chi connectivity index (χ0n) is 18.4. The van der Waals surface area contributed by atoms with Crippen LogP contribution >= 0.6 is 0 Å². The molecule has 178 valence electrons. The van der Waals surface area contributed by atoms with E-state index in [-0.39, 0.29) is 35.5 Å². The van der Waals surface area contributed by atoms with Gasteiger partial charge in [-0.3, -0.25) is 9.59 Å². The summed E-state index contributed by atoms with van der Waals surface area (Å²) in [6, 6.07) is 16.3. The molecule has 1 saturated carbocycles. The van der Waals surface area contributed by atoms with Crippen molar-refractivity contribution in [3.8, 4) is 17.2 Å². The fraction of sp³-hybridized carbons (Fsp3) is 0.200. The Morgan fingerprint density at radius 3 is 2.69 bits per heavy atom. The Balaban J connectivity index is 1.16. The van der Waals surface area contributed by atoms with Crippen LogP contribution in [0.2, 0.25) is 0 Å². The Kier molecular flexibility index (Phi) is 4.92. The number of anilines is 1. The van der Waals surface area contributed by atoms with Gasteiger partial charge in [0.15, 0.2) is 11.5 Å². The van der Waals surface area contributed by atoms with Crippen molar-refractivity contribution in [2.45, 2.75) is 30.4 Å². The highest BCUT2D eigenvalue weighted by molar-refractivity contribution is 7.90. The Hall–Kier alpha value is -4.05. The van der Waals surface area contributed by atoms with Gasteiger partial charge < -0.3 is 19.5 Å². The first-order chi connectivity index (χ1) is 16.9. The van der Waals surface area contributed by atoms with Crippen LogP contribution in [0.25, 0.3) is 0 Å². The van der Waals surface area contributed by atoms with E-state index in [0.29, 0.717) is 35.8 Å². The standard InChI is InChI=1S/C25H20N2O7S/c28-24(16-4-8-20-23(11-16)35(30,31)27(25(20)29)18-5-6-18)26-17-3-1-2-15(10-17)13-32-19-7-9-21-22(12-19)34-14-33-21/h1-4,7-12,18H,5-6,13-14H2,(H,26,28). The van der Waals surface area contributed by atoms with E-state index in [1.54, 1.807) is 36.4 Å². The number of sulfonamides is 1. The largest absolute Gasteiger partial charge is 0.489 e. The van der Waals surface area contributed by atoms with E-state index in [1.165, 1.54) is 18.2 Å². The maximum atomic E-state index is 12.9. The Bertz CT molecular complexity index is 1480. The van der Waals surface area contributed by atoms with Crippen LogP contribution in [-0.4, -0.2) is 37.4 Å². The van der Waals surface area contributed by atoms with Gasteiger partial charge in [-0.15, -0.1) is 0 Å². The number of fused-ring (bicyclic) bond motifs is 2. The third-order valence-electron chi connectivity index (χ3n) is 6.02. The minimum absolute atomic E-state index is 0.108. The average Bonchev–Trinajstić information content (AvgIpc) is 3.52. The van der Waals surface area contributed by atoms with E-state index in [1.807, 2.05) is 6.07 Å². The quantitative estimate of drug-likeness (QED) is 0.560. The van der Waals surface area contributed by atoms with Crippen LogP contribution in [0.15, 0.2) is 65.6 Å². The van der Waals surface area contributed by atoms with Crippen molar-refractivity contribution in [2.75, 3.05) is 12.1 Å². The Morgan fingerprint density at radius 1 is 1.03 bits per heavy atom. The molecule has 1 aliphatic carbocycles. The van der Waals surface area contributed by atoms with Gasteiger partial charge in [0.05, 0.1) is 5.56 Å². The SMILES string of the molecule is O=C(Nc1cccc(COc2ccc3c(c2)OCO3)c1)c1ccc2c(c1)S(=O)(=O)N(C1CC1)C2=O. The number of benzene rings is 3. The summed E-state index contributed by atoms with van der Waals surface area (Å²) in [5, 5.41) is 2.78. The van der Waals surface area contributed by atoms with Crippen molar-refractivity contribution in [1.29, 1.82) is 0 Å². The van der Waals surface area contributed by atoms with Gasteiger partial charge in [0.2, 0.25) is 6.79 Å². The van der Waals surface area contributed by atoms with E-state index in [0.717, 1.165) is 9.87 Å².